The molecule has 1 aromatic carbocycles. The molecule has 9 nitrogen and oxygen atoms in total. The molecule has 0 fully saturated rings. The van der Waals surface area contributed by atoms with E-state index >= 15 is 0 Å². The van der Waals surface area contributed by atoms with Gasteiger partial charge in [0.15, 0.2) is 0 Å². The first-order valence-electron chi connectivity index (χ1n) is 12.4. The average Bonchev–Trinajstić information content (AvgIpc) is 3.26. The lowest BCUT2D eigenvalue weighted by Gasteiger charge is -2.15. The van der Waals surface area contributed by atoms with Crippen LogP contribution in [-0.4, -0.2) is 45.4 Å². The molecule has 0 amide bonds. The van der Waals surface area contributed by atoms with Gasteiger partial charge < -0.3 is 29.0 Å². The van der Waals surface area contributed by atoms with Crippen LogP contribution in [0, 0.1) is 0 Å². The molecule has 3 heterocycles. The lowest BCUT2D eigenvalue weighted by atomic mass is 10.00. The van der Waals surface area contributed by atoms with Crippen molar-refractivity contribution in [1.29, 1.82) is 0 Å². The molecule has 37 heavy (non-hydrogen) atoms. The van der Waals surface area contributed by atoms with Gasteiger partial charge in [-0.2, -0.15) is 0 Å². The van der Waals surface area contributed by atoms with Gasteiger partial charge in [0.25, 0.3) is 5.56 Å². The van der Waals surface area contributed by atoms with E-state index in [1.54, 1.807) is 4.57 Å². The van der Waals surface area contributed by atoms with Crippen LogP contribution in [0.15, 0.2) is 47.3 Å². The largest absolute Gasteiger partial charge is 0.506 e. The maximum atomic E-state index is 13.5. The molecule has 3 aromatic rings. The summed E-state index contributed by atoms with van der Waals surface area (Å²) < 4.78 is 18.0. The predicted molar refractivity (Wildman–Crippen MR) is 138 cm³/mol. The summed E-state index contributed by atoms with van der Waals surface area (Å²) in [4.78, 5) is 29.4. The van der Waals surface area contributed by atoms with Gasteiger partial charge in [0.2, 0.25) is 0 Å². The van der Waals surface area contributed by atoms with Gasteiger partial charge in [0.05, 0.1) is 48.3 Å². The van der Waals surface area contributed by atoms with E-state index in [9.17, 15) is 14.7 Å². The monoisotopic (exact) mass is 508 g/mol. The number of carboxylic acid groups (broad SMARTS) is 1. The molecular formula is C28H32N2O7. The molecule has 1 aliphatic heterocycles. The van der Waals surface area contributed by atoms with E-state index in [2.05, 4.69) is 0 Å². The van der Waals surface area contributed by atoms with Crippen molar-refractivity contribution >= 4 is 17.1 Å². The number of pyridine rings is 2. The number of aliphatic hydroxyl groups excluding tert-OH is 1. The Balaban J connectivity index is 1.69. The summed E-state index contributed by atoms with van der Waals surface area (Å²) in [5.41, 5.74) is 4.88. The number of hydrogen-bond acceptors (Lipinski definition) is 7. The number of hydrogen-bond donors (Lipinski definition) is 2. The minimum atomic E-state index is -1.42. The van der Waals surface area contributed by atoms with Crippen LogP contribution in [0.5, 0.6) is 0 Å². The summed E-state index contributed by atoms with van der Waals surface area (Å²) in [5, 5.41) is 19.4. The number of allylic oxidation sites excluding steroid dienone is 1. The zero-order chi connectivity index (χ0) is 26.4. The lowest BCUT2D eigenvalue weighted by Crippen LogP contribution is -2.26. The van der Waals surface area contributed by atoms with Gasteiger partial charge >= 0.3 is 6.16 Å². The van der Waals surface area contributed by atoms with Gasteiger partial charge in [-0.25, -0.2) is 9.78 Å². The fraction of sp³-hybridized carbons (Fsp3) is 0.393. The van der Waals surface area contributed by atoms with Crippen molar-refractivity contribution in [2.45, 2.75) is 59.0 Å². The van der Waals surface area contributed by atoms with Crippen LogP contribution in [0.1, 0.15) is 48.9 Å². The molecule has 0 spiro atoms. The molecule has 0 aliphatic carbocycles. The van der Waals surface area contributed by atoms with Gasteiger partial charge in [0.1, 0.15) is 13.4 Å². The Kier molecular flexibility index (Phi) is 8.70. The topological polar surface area (TPSA) is 120 Å². The smallest absolute Gasteiger partial charge is 0.450 e. The van der Waals surface area contributed by atoms with E-state index in [0.29, 0.717) is 30.6 Å². The fourth-order valence-electron chi connectivity index (χ4n) is 4.67. The molecule has 9 heteroatoms. The number of benzene rings is 1. The second kappa shape index (κ2) is 12.1. The molecule has 1 atom stereocenters. The minimum absolute atomic E-state index is 0.0123. The van der Waals surface area contributed by atoms with Crippen LogP contribution in [0.25, 0.3) is 22.3 Å². The summed E-state index contributed by atoms with van der Waals surface area (Å²) in [7, 11) is 0. The number of aryl methyl sites for hydroxylation is 1. The van der Waals surface area contributed by atoms with E-state index in [1.165, 1.54) is 0 Å². The molecule has 0 saturated carbocycles. The Hall–Kier alpha value is -3.53. The highest BCUT2D eigenvalue weighted by Gasteiger charge is 2.28. The number of carbonyl (C=O) groups is 1. The normalized spacial score (nSPS) is 13.2. The van der Waals surface area contributed by atoms with Crippen LogP contribution in [0.2, 0.25) is 0 Å². The van der Waals surface area contributed by atoms with Crippen molar-refractivity contribution in [3.8, 4) is 11.4 Å². The van der Waals surface area contributed by atoms with E-state index in [0.717, 1.165) is 39.7 Å². The van der Waals surface area contributed by atoms with E-state index in [1.807, 2.05) is 56.3 Å². The first kappa shape index (κ1) is 26.5. The number of rotatable bonds is 12. The average molecular weight is 509 g/mol. The van der Waals surface area contributed by atoms with Gasteiger partial charge in [0, 0.05) is 10.9 Å². The molecule has 0 radical (unpaired) electrons. The third-order valence-corrected chi connectivity index (χ3v) is 6.49. The van der Waals surface area contributed by atoms with Gasteiger partial charge in [-0.05, 0) is 43.0 Å². The van der Waals surface area contributed by atoms with Crippen molar-refractivity contribution < 1.29 is 29.2 Å². The molecule has 1 unspecified atom stereocenters. The first-order valence-corrected chi connectivity index (χ1v) is 12.4. The van der Waals surface area contributed by atoms with Crippen LogP contribution >= 0.6 is 0 Å². The van der Waals surface area contributed by atoms with E-state index in [-0.39, 0.29) is 38.3 Å². The highest BCUT2D eigenvalue weighted by atomic mass is 16.7. The minimum Gasteiger partial charge on any atom is -0.450 e. The molecule has 0 bridgehead atoms. The van der Waals surface area contributed by atoms with Crippen molar-refractivity contribution in [1.82, 2.24) is 9.55 Å². The number of ether oxygens (including phenoxy) is 3. The van der Waals surface area contributed by atoms with Crippen LogP contribution in [-0.2, 0) is 40.4 Å². The lowest BCUT2D eigenvalue weighted by molar-refractivity contribution is -0.107. The number of fused-ring (bicyclic) bond motifs is 4. The molecule has 4 rings (SSSR count). The maximum absolute atomic E-state index is 13.5. The van der Waals surface area contributed by atoms with Crippen molar-refractivity contribution in [3.63, 3.8) is 0 Å². The Bertz CT molecular complexity index is 1360. The Morgan fingerprint density at radius 2 is 2.05 bits per heavy atom. The molecule has 2 N–H and O–H groups in total. The van der Waals surface area contributed by atoms with Crippen LogP contribution < -0.4 is 5.56 Å². The first-order chi connectivity index (χ1) is 18.0. The summed E-state index contributed by atoms with van der Waals surface area (Å²) in [6.45, 7) is 4.08. The number of nitrogens with zero attached hydrogens (tertiary/aromatic N) is 2. The third-order valence-electron chi connectivity index (χ3n) is 6.49. The Labute approximate surface area is 214 Å². The van der Waals surface area contributed by atoms with E-state index in [4.69, 9.17) is 24.3 Å². The zero-order valence-corrected chi connectivity index (χ0v) is 21.1. The van der Waals surface area contributed by atoms with Crippen LogP contribution in [0.4, 0.5) is 4.79 Å². The summed E-state index contributed by atoms with van der Waals surface area (Å²) in [6, 6.07) is 9.69. The van der Waals surface area contributed by atoms with Gasteiger partial charge in [-0.1, -0.05) is 43.7 Å². The Morgan fingerprint density at radius 3 is 2.78 bits per heavy atom. The van der Waals surface area contributed by atoms with Crippen molar-refractivity contribution in [3.05, 3.63) is 75.1 Å². The zero-order valence-electron chi connectivity index (χ0n) is 21.1. The summed E-state index contributed by atoms with van der Waals surface area (Å²) in [6.07, 6.45) is 4.09. The Morgan fingerprint density at radius 1 is 1.24 bits per heavy atom. The SMILES string of the molecule is C/C=C\CC(CO)OCOCc1c2c(nc3ccccc13)-c1cc(CCC)c(COC(=O)O)c(=O)n1C2. The standard InChI is InChI=1S/C28H32N2O7/c1-3-5-9-19(14-31)37-17-35-15-23-20-10-6-7-11-24(20)29-26-21(23)13-30-25(26)12-18(8-4-2)22(27(30)32)16-36-28(33)34/h3,5-7,10-12,19,31H,4,8-9,13-17H2,1-2H3,(H,33,34)/b5-3-. The van der Waals surface area contributed by atoms with Crippen LogP contribution in [0.3, 0.4) is 0 Å². The highest BCUT2D eigenvalue weighted by molar-refractivity contribution is 5.87. The predicted octanol–water partition coefficient (Wildman–Crippen LogP) is 4.39. The second-order valence-corrected chi connectivity index (χ2v) is 8.91. The van der Waals surface area contributed by atoms with E-state index < -0.39 is 6.16 Å². The molecule has 0 saturated heterocycles. The molecule has 196 valence electrons. The molecular weight excluding hydrogens is 476 g/mol. The van der Waals surface area contributed by atoms with Crippen molar-refractivity contribution in [2.75, 3.05) is 13.4 Å². The third kappa shape index (κ3) is 5.74. The highest BCUT2D eigenvalue weighted by Crippen LogP contribution is 2.36. The summed E-state index contributed by atoms with van der Waals surface area (Å²) in [5.74, 6) is 0. The van der Waals surface area contributed by atoms with Gasteiger partial charge in [-0.3, -0.25) is 4.79 Å². The second-order valence-electron chi connectivity index (χ2n) is 8.91. The van der Waals surface area contributed by atoms with Gasteiger partial charge in [-0.15, -0.1) is 0 Å². The maximum Gasteiger partial charge on any atom is 0.506 e. The summed E-state index contributed by atoms with van der Waals surface area (Å²) >= 11 is 0. The molecule has 1 aliphatic rings. The number of aromatic nitrogens is 2. The van der Waals surface area contributed by atoms with Crippen molar-refractivity contribution in [2.24, 2.45) is 0 Å². The fourth-order valence-corrected chi connectivity index (χ4v) is 4.67. The number of para-hydroxylation sites is 1. The number of aliphatic hydroxyl groups is 1. The molecule has 2 aromatic heterocycles. The quantitative estimate of drug-likeness (QED) is 0.125.